The lowest BCUT2D eigenvalue weighted by Crippen LogP contribution is -2.57. The molecule has 0 bridgehead atoms. The molecule has 1 unspecified atom stereocenters. The van der Waals surface area contributed by atoms with Gasteiger partial charge in [0.15, 0.2) is 31.2 Å². The first-order valence-corrected chi connectivity index (χ1v) is 15.2. The summed E-state index contributed by atoms with van der Waals surface area (Å²) in [6.45, 7) is -0.474. The van der Waals surface area contributed by atoms with Crippen molar-refractivity contribution in [3.8, 4) is 5.75 Å². The van der Waals surface area contributed by atoms with Gasteiger partial charge in [0.05, 0.1) is 28.9 Å². The summed E-state index contributed by atoms with van der Waals surface area (Å²) in [5.41, 5.74) is 5.33. The number of halogens is 3. The Kier molecular flexibility index (Phi) is 6.87. The molecule has 0 aliphatic carbocycles. The predicted molar refractivity (Wildman–Crippen MR) is 135 cm³/mol. The monoisotopic (exact) mass is 584 g/mol. The standard InChI is InChI=1S/C25H23ClF2N2O6S2/c26-15-3-5-16(6-4-15)38(33,34)25-10-12-35-20(9-13-37(31,32)21-2-1-11-30-24(21)29)17(25)14-36-23-19(28)8-7-18(27)22(23)25/h1-8,11,17,20H,9-10,12-14H2,(H2,29,30)/t17?,20-,25-/m0/s1. The van der Waals surface area contributed by atoms with E-state index in [2.05, 4.69) is 4.98 Å². The average molecular weight is 585 g/mol. The predicted octanol–water partition coefficient (Wildman–Crippen LogP) is 3.93. The molecule has 1 aromatic heterocycles. The van der Waals surface area contributed by atoms with E-state index in [1.807, 2.05) is 0 Å². The molecule has 0 saturated carbocycles. The smallest absolute Gasteiger partial charge is 0.189 e. The zero-order valence-corrected chi connectivity index (χ0v) is 22.2. The highest BCUT2D eigenvalue weighted by Gasteiger charge is 2.61. The van der Waals surface area contributed by atoms with E-state index in [4.69, 9.17) is 26.8 Å². The van der Waals surface area contributed by atoms with Crippen LogP contribution in [0.15, 0.2) is 64.5 Å². The van der Waals surface area contributed by atoms with Crippen LogP contribution in [0.1, 0.15) is 18.4 Å². The molecule has 13 heteroatoms. The van der Waals surface area contributed by atoms with Crippen LogP contribution in [-0.4, -0.2) is 46.9 Å². The van der Waals surface area contributed by atoms with E-state index < -0.39 is 65.1 Å². The third-order valence-corrected chi connectivity index (χ3v) is 11.8. The van der Waals surface area contributed by atoms with Gasteiger partial charge in [0.25, 0.3) is 0 Å². The molecule has 2 aliphatic rings. The lowest BCUT2D eigenvalue weighted by molar-refractivity contribution is -0.0732. The van der Waals surface area contributed by atoms with Crippen LogP contribution in [0.25, 0.3) is 0 Å². The second-order valence-corrected chi connectivity index (χ2v) is 13.9. The number of fused-ring (bicyclic) bond motifs is 3. The molecule has 3 atom stereocenters. The van der Waals surface area contributed by atoms with Gasteiger partial charge in [0, 0.05) is 23.7 Å². The van der Waals surface area contributed by atoms with Gasteiger partial charge in [-0.3, -0.25) is 0 Å². The average Bonchev–Trinajstić information content (AvgIpc) is 2.89. The molecule has 5 rings (SSSR count). The van der Waals surface area contributed by atoms with Gasteiger partial charge in [-0.2, -0.15) is 0 Å². The first kappa shape index (κ1) is 26.8. The van der Waals surface area contributed by atoms with Crippen molar-refractivity contribution in [1.29, 1.82) is 0 Å². The molecule has 3 aromatic rings. The Morgan fingerprint density at radius 1 is 1.05 bits per heavy atom. The molecule has 1 fully saturated rings. The molecule has 2 aliphatic heterocycles. The lowest BCUT2D eigenvalue weighted by atomic mass is 9.75. The first-order chi connectivity index (χ1) is 18.0. The summed E-state index contributed by atoms with van der Waals surface area (Å²) in [6, 6.07) is 9.89. The number of rotatable bonds is 6. The van der Waals surface area contributed by atoms with Crippen molar-refractivity contribution in [2.75, 3.05) is 24.7 Å². The molecule has 2 N–H and O–H groups in total. The maximum atomic E-state index is 15.5. The van der Waals surface area contributed by atoms with E-state index in [0.29, 0.717) is 5.02 Å². The molecule has 2 aromatic carbocycles. The van der Waals surface area contributed by atoms with Gasteiger partial charge >= 0.3 is 0 Å². The van der Waals surface area contributed by atoms with Gasteiger partial charge in [-0.15, -0.1) is 0 Å². The topological polar surface area (TPSA) is 126 Å². The van der Waals surface area contributed by atoms with E-state index in [1.165, 1.54) is 42.6 Å². The fraction of sp³-hybridized carbons (Fsp3) is 0.320. The van der Waals surface area contributed by atoms with E-state index in [-0.39, 0.29) is 41.7 Å². The second kappa shape index (κ2) is 9.74. The Morgan fingerprint density at radius 2 is 1.76 bits per heavy atom. The fourth-order valence-corrected chi connectivity index (χ4v) is 9.27. The SMILES string of the molecule is Nc1ncccc1S(=O)(=O)CC[C@@H]1OCC[C@@]2(S(=O)(=O)c3ccc(Cl)cc3)c3c(F)ccc(F)c3OCC12. The number of nitrogens with zero attached hydrogens (tertiary/aromatic N) is 1. The molecule has 202 valence electrons. The van der Waals surface area contributed by atoms with Crippen molar-refractivity contribution in [1.82, 2.24) is 4.98 Å². The number of aromatic nitrogens is 1. The third kappa shape index (κ3) is 4.23. The zero-order chi connectivity index (χ0) is 27.3. The Labute approximate surface area is 223 Å². The van der Waals surface area contributed by atoms with Crippen LogP contribution in [0.2, 0.25) is 5.02 Å². The number of sulfone groups is 2. The van der Waals surface area contributed by atoms with Gasteiger partial charge in [0.2, 0.25) is 0 Å². The maximum Gasteiger partial charge on any atom is 0.189 e. The number of hydrogen-bond acceptors (Lipinski definition) is 8. The van der Waals surface area contributed by atoms with Crippen molar-refractivity contribution in [3.05, 3.63) is 76.9 Å². The van der Waals surface area contributed by atoms with E-state index in [9.17, 15) is 21.2 Å². The summed E-state index contributed by atoms with van der Waals surface area (Å²) < 4.78 is 94.4. The van der Waals surface area contributed by atoms with Crippen LogP contribution in [0.4, 0.5) is 14.6 Å². The fourth-order valence-electron chi connectivity index (χ4n) is 5.38. The number of pyridine rings is 1. The van der Waals surface area contributed by atoms with Gasteiger partial charge in [-0.05, 0) is 61.4 Å². The normalized spacial score (nSPS) is 23.2. The number of nitrogen functional groups attached to an aromatic ring is 1. The van der Waals surface area contributed by atoms with Gasteiger partial charge in [-0.1, -0.05) is 11.6 Å². The van der Waals surface area contributed by atoms with Gasteiger partial charge in [-0.25, -0.2) is 30.6 Å². The minimum absolute atomic E-state index is 0.139. The highest BCUT2D eigenvalue weighted by molar-refractivity contribution is 7.92. The summed E-state index contributed by atoms with van der Waals surface area (Å²) in [6.07, 6.45) is 0.0424. The van der Waals surface area contributed by atoms with E-state index >= 15 is 4.39 Å². The molecule has 8 nitrogen and oxygen atoms in total. The molecular formula is C25H23ClF2N2O6S2. The molecule has 0 spiro atoms. The van der Waals surface area contributed by atoms with Crippen LogP contribution in [-0.2, 0) is 29.2 Å². The van der Waals surface area contributed by atoms with Crippen molar-refractivity contribution in [2.24, 2.45) is 5.92 Å². The molecule has 1 saturated heterocycles. The highest BCUT2D eigenvalue weighted by atomic mass is 35.5. The molecule has 3 heterocycles. The summed E-state index contributed by atoms with van der Waals surface area (Å²) >= 11 is 5.96. The van der Waals surface area contributed by atoms with Crippen LogP contribution in [0.5, 0.6) is 5.75 Å². The number of benzene rings is 2. The second-order valence-electron chi connectivity index (χ2n) is 9.15. The van der Waals surface area contributed by atoms with Crippen LogP contribution in [0.3, 0.4) is 0 Å². The summed E-state index contributed by atoms with van der Waals surface area (Å²) in [7, 11) is -8.33. The largest absolute Gasteiger partial charge is 0.490 e. The Bertz CT molecular complexity index is 1600. The Morgan fingerprint density at radius 3 is 2.47 bits per heavy atom. The minimum Gasteiger partial charge on any atom is -0.490 e. The van der Waals surface area contributed by atoms with E-state index in [0.717, 1.165) is 12.1 Å². The highest BCUT2D eigenvalue weighted by Crippen LogP contribution is 2.56. The van der Waals surface area contributed by atoms with Crippen LogP contribution in [0, 0.1) is 17.6 Å². The zero-order valence-electron chi connectivity index (χ0n) is 19.8. The minimum atomic E-state index is -4.40. The van der Waals surface area contributed by atoms with Crippen molar-refractivity contribution in [3.63, 3.8) is 0 Å². The molecular weight excluding hydrogens is 562 g/mol. The lowest BCUT2D eigenvalue weighted by Gasteiger charge is -2.50. The van der Waals surface area contributed by atoms with Crippen LogP contribution < -0.4 is 10.5 Å². The maximum absolute atomic E-state index is 15.5. The van der Waals surface area contributed by atoms with Gasteiger partial charge in [0.1, 0.15) is 21.3 Å². The first-order valence-electron chi connectivity index (χ1n) is 11.7. The molecule has 0 amide bonds. The Hall–Kier alpha value is -2.80. The van der Waals surface area contributed by atoms with Crippen molar-refractivity contribution < 1.29 is 35.1 Å². The van der Waals surface area contributed by atoms with Crippen molar-refractivity contribution >= 4 is 37.1 Å². The molecule has 0 radical (unpaired) electrons. The van der Waals surface area contributed by atoms with E-state index in [1.54, 1.807) is 0 Å². The Balaban J connectivity index is 1.61. The number of nitrogens with two attached hydrogens (primary N) is 1. The number of ether oxygens (including phenoxy) is 2. The summed E-state index contributed by atoms with van der Waals surface area (Å²) in [5.74, 6) is -3.98. The quantitative estimate of drug-likeness (QED) is 0.462. The number of anilines is 1. The molecule has 38 heavy (non-hydrogen) atoms. The summed E-state index contributed by atoms with van der Waals surface area (Å²) in [4.78, 5) is 3.52. The van der Waals surface area contributed by atoms with Crippen molar-refractivity contribution in [2.45, 2.75) is 33.5 Å². The van der Waals surface area contributed by atoms with Gasteiger partial charge < -0.3 is 15.2 Å². The number of hydrogen-bond donors (Lipinski definition) is 1. The third-order valence-electron chi connectivity index (χ3n) is 7.15. The summed E-state index contributed by atoms with van der Waals surface area (Å²) in [5, 5.41) is 0.298. The van der Waals surface area contributed by atoms with Crippen LogP contribution >= 0.6 is 11.6 Å².